The molecule has 1 fully saturated rings. The third-order valence-electron chi connectivity index (χ3n) is 6.11. The molecule has 5 nitrogen and oxygen atoms in total. The van der Waals surface area contributed by atoms with E-state index in [1.807, 2.05) is 0 Å². The van der Waals surface area contributed by atoms with Crippen molar-refractivity contribution in [1.82, 2.24) is 9.62 Å². The van der Waals surface area contributed by atoms with Crippen molar-refractivity contribution in [2.24, 2.45) is 5.92 Å². The van der Waals surface area contributed by atoms with Gasteiger partial charge >= 0.3 is 6.18 Å². The minimum absolute atomic E-state index is 0.134. The van der Waals surface area contributed by atoms with Crippen LogP contribution >= 0.6 is 0 Å². The third kappa shape index (κ3) is 8.71. The largest absolute Gasteiger partial charge is 0.416 e. The van der Waals surface area contributed by atoms with Crippen molar-refractivity contribution in [3.8, 4) is 0 Å². The number of halogens is 3. The Hall–Kier alpha value is -1.16. The second-order valence-electron chi connectivity index (χ2n) is 8.37. The Balaban J connectivity index is 1.70. The van der Waals surface area contributed by atoms with Gasteiger partial charge in [0, 0.05) is 12.6 Å². The summed E-state index contributed by atoms with van der Waals surface area (Å²) in [5.41, 5.74) is -0.859. The second kappa shape index (κ2) is 12.2. The summed E-state index contributed by atoms with van der Waals surface area (Å²) in [4.78, 5) is 2.11. The summed E-state index contributed by atoms with van der Waals surface area (Å²) < 4.78 is 65.7. The summed E-state index contributed by atoms with van der Waals surface area (Å²) in [5, 5.41) is 9.01. The first kappa shape index (κ1) is 26.1. The Kier molecular flexibility index (Phi) is 10.3. The van der Waals surface area contributed by atoms with Gasteiger partial charge in [0.25, 0.3) is 0 Å². The van der Waals surface area contributed by atoms with Gasteiger partial charge in [0.1, 0.15) is 0 Å². The van der Waals surface area contributed by atoms with Crippen LogP contribution in [0.15, 0.2) is 29.2 Å². The van der Waals surface area contributed by atoms with Crippen molar-refractivity contribution >= 4 is 10.0 Å². The summed E-state index contributed by atoms with van der Waals surface area (Å²) in [6, 6.07) is 3.46. The van der Waals surface area contributed by atoms with E-state index in [2.05, 4.69) is 16.5 Å². The quantitative estimate of drug-likeness (QED) is 0.450. The number of unbranched alkanes of at least 4 members (excludes halogenated alkanes) is 2. The van der Waals surface area contributed by atoms with Crippen LogP contribution in [0.2, 0.25) is 0 Å². The molecule has 0 aliphatic heterocycles. The van der Waals surface area contributed by atoms with E-state index < -0.39 is 21.8 Å². The highest BCUT2D eigenvalue weighted by Crippen LogP contribution is 2.31. The van der Waals surface area contributed by atoms with Crippen LogP contribution in [0, 0.1) is 5.92 Å². The van der Waals surface area contributed by atoms with Crippen molar-refractivity contribution in [2.45, 2.75) is 75.4 Å². The normalized spacial score (nSPS) is 20.3. The average molecular weight is 465 g/mol. The van der Waals surface area contributed by atoms with E-state index in [0.29, 0.717) is 5.92 Å². The van der Waals surface area contributed by atoms with Crippen LogP contribution in [0.4, 0.5) is 13.2 Å². The molecule has 2 rings (SSSR count). The monoisotopic (exact) mass is 464 g/mol. The SMILES string of the molecule is CCN(CCO)CCCCCC1CCC(NS(=O)(=O)c2ccc(C(F)(F)F)cc2)CC1. The zero-order chi connectivity index (χ0) is 22.9. The predicted molar refractivity (Wildman–Crippen MR) is 115 cm³/mol. The first-order valence-corrected chi connectivity index (χ1v) is 12.7. The van der Waals surface area contributed by atoms with Crippen molar-refractivity contribution < 1.29 is 26.7 Å². The molecule has 1 aromatic rings. The maximum Gasteiger partial charge on any atom is 0.416 e. The van der Waals surface area contributed by atoms with Crippen LogP contribution in [-0.2, 0) is 16.2 Å². The van der Waals surface area contributed by atoms with E-state index in [-0.39, 0.29) is 17.5 Å². The Labute approximate surface area is 184 Å². The number of aliphatic hydroxyl groups is 1. The van der Waals surface area contributed by atoms with Gasteiger partial charge in [-0.05, 0) is 75.4 Å². The van der Waals surface area contributed by atoms with Crippen LogP contribution in [0.1, 0.15) is 63.9 Å². The van der Waals surface area contributed by atoms with Crippen molar-refractivity contribution in [3.05, 3.63) is 29.8 Å². The average Bonchev–Trinajstić information content (AvgIpc) is 2.73. The highest BCUT2D eigenvalue weighted by molar-refractivity contribution is 7.89. The van der Waals surface area contributed by atoms with Gasteiger partial charge in [0.2, 0.25) is 10.0 Å². The van der Waals surface area contributed by atoms with Crippen LogP contribution in [0.3, 0.4) is 0 Å². The third-order valence-corrected chi connectivity index (χ3v) is 7.65. The summed E-state index contributed by atoms with van der Waals surface area (Å²) in [6.45, 7) is 4.98. The maximum atomic E-state index is 12.7. The maximum absolute atomic E-state index is 12.7. The fraction of sp³-hybridized carbons (Fsp3) is 0.727. The fourth-order valence-corrected chi connectivity index (χ4v) is 5.50. The van der Waals surface area contributed by atoms with Crippen molar-refractivity contribution in [3.63, 3.8) is 0 Å². The van der Waals surface area contributed by atoms with Crippen LogP contribution < -0.4 is 4.72 Å². The summed E-state index contributed by atoms with van der Waals surface area (Å²) in [5.74, 6) is 0.603. The second-order valence-corrected chi connectivity index (χ2v) is 10.1. The molecule has 9 heteroatoms. The van der Waals surface area contributed by atoms with Gasteiger partial charge in [0.15, 0.2) is 0 Å². The molecule has 2 N–H and O–H groups in total. The molecule has 0 spiro atoms. The van der Waals surface area contributed by atoms with Gasteiger partial charge in [-0.15, -0.1) is 0 Å². The van der Waals surface area contributed by atoms with Gasteiger partial charge in [0.05, 0.1) is 17.1 Å². The van der Waals surface area contributed by atoms with Gasteiger partial charge < -0.3 is 10.0 Å². The van der Waals surface area contributed by atoms with E-state index in [4.69, 9.17) is 5.11 Å². The Morgan fingerprint density at radius 1 is 1.03 bits per heavy atom. The van der Waals surface area contributed by atoms with Crippen LogP contribution in [0.25, 0.3) is 0 Å². The molecule has 0 bridgehead atoms. The zero-order valence-electron chi connectivity index (χ0n) is 18.2. The van der Waals surface area contributed by atoms with Gasteiger partial charge in [-0.25, -0.2) is 13.1 Å². The first-order chi connectivity index (χ1) is 14.7. The number of nitrogens with one attached hydrogen (secondary N) is 1. The summed E-state index contributed by atoms with van der Waals surface area (Å²) in [7, 11) is -3.82. The van der Waals surface area contributed by atoms with Crippen LogP contribution in [-0.4, -0.2) is 50.7 Å². The number of hydrogen-bond acceptors (Lipinski definition) is 4. The number of alkyl halides is 3. The molecule has 0 saturated heterocycles. The molecule has 0 amide bonds. The van der Waals surface area contributed by atoms with Gasteiger partial charge in [-0.3, -0.25) is 0 Å². The number of benzene rings is 1. The lowest BCUT2D eigenvalue weighted by atomic mass is 9.83. The number of rotatable bonds is 12. The van der Waals surface area contributed by atoms with Crippen molar-refractivity contribution in [1.29, 1.82) is 0 Å². The molecule has 1 saturated carbocycles. The number of nitrogens with zero attached hydrogens (tertiary/aromatic N) is 1. The molecule has 0 unspecified atom stereocenters. The lowest BCUT2D eigenvalue weighted by Gasteiger charge is -2.29. The molecule has 0 radical (unpaired) electrons. The van der Waals surface area contributed by atoms with E-state index in [1.165, 1.54) is 0 Å². The van der Waals surface area contributed by atoms with E-state index in [1.54, 1.807) is 0 Å². The van der Waals surface area contributed by atoms with Gasteiger partial charge in [-0.2, -0.15) is 13.2 Å². The number of sulfonamides is 1. The number of hydrogen-bond donors (Lipinski definition) is 2. The number of likely N-dealkylation sites (N-methyl/N-ethyl adjacent to an activating group) is 1. The highest BCUT2D eigenvalue weighted by Gasteiger charge is 2.31. The smallest absolute Gasteiger partial charge is 0.395 e. The standard InChI is InChI=1S/C22H35F3N2O3S/c1-2-27(16-17-28)15-5-3-4-6-18-7-11-20(12-8-18)26-31(29,30)21-13-9-19(10-14-21)22(23,24)25/h9-10,13-14,18,20,26,28H,2-8,11-12,15-17H2,1H3. The molecule has 0 aromatic heterocycles. The number of aliphatic hydroxyl groups excluding tert-OH is 1. The molecule has 1 aromatic carbocycles. The molecule has 0 atom stereocenters. The molecular formula is C22H35F3N2O3S. The topological polar surface area (TPSA) is 69.6 Å². The van der Waals surface area contributed by atoms with Crippen LogP contribution in [0.5, 0.6) is 0 Å². The summed E-state index contributed by atoms with van der Waals surface area (Å²) in [6.07, 6.45) is 3.53. The lowest BCUT2D eigenvalue weighted by molar-refractivity contribution is -0.137. The Morgan fingerprint density at radius 3 is 2.23 bits per heavy atom. The van der Waals surface area contributed by atoms with E-state index in [9.17, 15) is 21.6 Å². The first-order valence-electron chi connectivity index (χ1n) is 11.2. The molecule has 1 aliphatic rings. The molecular weight excluding hydrogens is 429 g/mol. The Morgan fingerprint density at radius 2 is 1.68 bits per heavy atom. The fourth-order valence-electron chi connectivity index (χ4n) is 4.19. The van der Waals surface area contributed by atoms with E-state index >= 15 is 0 Å². The van der Waals surface area contributed by atoms with Crippen molar-refractivity contribution in [2.75, 3.05) is 26.2 Å². The molecule has 0 heterocycles. The van der Waals surface area contributed by atoms with Gasteiger partial charge in [-0.1, -0.05) is 26.2 Å². The zero-order valence-corrected chi connectivity index (χ0v) is 19.0. The minimum atomic E-state index is -4.48. The van der Waals surface area contributed by atoms with E-state index in [0.717, 1.165) is 95.3 Å². The lowest BCUT2D eigenvalue weighted by Crippen LogP contribution is -2.37. The molecule has 1 aliphatic carbocycles. The summed E-state index contributed by atoms with van der Waals surface area (Å²) >= 11 is 0. The molecule has 31 heavy (non-hydrogen) atoms. The Bertz CT molecular complexity index is 746. The predicted octanol–water partition coefficient (Wildman–Crippen LogP) is 4.42. The minimum Gasteiger partial charge on any atom is -0.395 e. The highest BCUT2D eigenvalue weighted by atomic mass is 32.2. The molecule has 178 valence electrons.